The summed E-state index contributed by atoms with van der Waals surface area (Å²) in [6.45, 7) is 7.48. The van der Waals surface area contributed by atoms with Crippen LogP contribution in [0.2, 0.25) is 0 Å². The van der Waals surface area contributed by atoms with Crippen molar-refractivity contribution >= 4 is 30.7 Å². The second-order valence-corrected chi connectivity index (χ2v) is 8.73. The van der Waals surface area contributed by atoms with E-state index in [1.807, 2.05) is 30.3 Å². The highest BCUT2D eigenvalue weighted by Gasteiger charge is 2.58. The van der Waals surface area contributed by atoms with E-state index < -0.39 is 0 Å². The molecule has 7 nitrogen and oxygen atoms in total. The van der Waals surface area contributed by atoms with Gasteiger partial charge >= 0.3 is 0 Å². The summed E-state index contributed by atoms with van der Waals surface area (Å²) in [6, 6.07) is 9.93. The van der Waals surface area contributed by atoms with E-state index in [0.717, 1.165) is 64.1 Å². The molecule has 3 aliphatic rings. The molecule has 5 rings (SSSR count). The normalized spacial score (nSPS) is 23.5. The standard InChI is InChI=1S/C22H29N5O2.2ClH/c1-16(20-24-19(25-29-20)17-5-3-2-4-6-17)26-11-13-27(14-12-26)21(28)18-15-22(18)7-9-23-10-8-22;;/h2-6,16,18,23H,7-15H2,1H3;2*1H. The van der Waals surface area contributed by atoms with Gasteiger partial charge in [-0.2, -0.15) is 4.98 Å². The van der Waals surface area contributed by atoms with Gasteiger partial charge in [-0.3, -0.25) is 9.69 Å². The highest BCUT2D eigenvalue weighted by molar-refractivity contribution is 5.85. The summed E-state index contributed by atoms with van der Waals surface area (Å²) in [4.78, 5) is 22.0. The molecule has 3 fully saturated rings. The van der Waals surface area contributed by atoms with Crippen LogP contribution in [0.25, 0.3) is 11.4 Å². The number of halogens is 2. The Kier molecular flexibility index (Phi) is 7.63. The molecular weight excluding hydrogens is 437 g/mol. The van der Waals surface area contributed by atoms with Gasteiger partial charge in [0.1, 0.15) is 0 Å². The first-order valence-electron chi connectivity index (χ1n) is 10.8. The zero-order chi connectivity index (χ0) is 19.8. The average Bonchev–Trinajstić information content (AvgIpc) is 3.23. The molecular formula is C22H31Cl2N5O2. The second kappa shape index (κ2) is 9.86. The molecule has 1 amide bonds. The Balaban J connectivity index is 0.00000136. The Bertz CT molecular complexity index is 864. The van der Waals surface area contributed by atoms with E-state index in [1.165, 1.54) is 0 Å². The molecule has 1 aromatic carbocycles. The number of nitrogens with one attached hydrogen (secondary N) is 1. The summed E-state index contributed by atoms with van der Waals surface area (Å²) in [5, 5.41) is 7.56. The Morgan fingerprint density at radius 3 is 2.48 bits per heavy atom. The number of hydrogen-bond donors (Lipinski definition) is 1. The molecule has 2 aliphatic heterocycles. The van der Waals surface area contributed by atoms with Gasteiger partial charge in [0, 0.05) is 37.7 Å². The van der Waals surface area contributed by atoms with Crippen LogP contribution in [0.4, 0.5) is 0 Å². The van der Waals surface area contributed by atoms with Crippen LogP contribution in [0.15, 0.2) is 34.9 Å². The van der Waals surface area contributed by atoms with Gasteiger partial charge in [-0.05, 0) is 44.7 Å². The Morgan fingerprint density at radius 1 is 1.13 bits per heavy atom. The predicted molar refractivity (Wildman–Crippen MR) is 123 cm³/mol. The molecule has 31 heavy (non-hydrogen) atoms. The maximum Gasteiger partial charge on any atom is 0.244 e. The molecule has 1 aliphatic carbocycles. The van der Waals surface area contributed by atoms with Gasteiger partial charge in [0.25, 0.3) is 0 Å². The summed E-state index contributed by atoms with van der Waals surface area (Å²) in [5.41, 5.74) is 1.27. The van der Waals surface area contributed by atoms with Crippen molar-refractivity contribution in [1.29, 1.82) is 0 Å². The Morgan fingerprint density at radius 2 is 1.81 bits per heavy atom. The maximum absolute atomic E-state index is 13.0. The number of rotatable bonds is 4. The highest BCUT2D eigenvalue weighted by Crippen LogP contribution is 2.59. The first kappa shape index (κ1) is 24.0. The van der Waals surface area contributed by atoms with E-state index in [9.17, 15) is 4.79 Å². The summed E-state index contributed by atoms with van der Waals surface area (Å²) in [5.74, 6) is 1.91. The fourth-order valence-electron chi connectivity index (χ4n) is 4.99. The lowest BCUT2D eigenvalue weighted by Crippen LogP contribution is -2.50. The molecule has 1 spiro atoms. The number of aromatic nitrogens is 2. The molecule has 2 unspecified atom stereocenters. The van der Waals surface area contributed by atoms with Crippen molar-refractivity contribution in [2.75, 3.05) is 39.3 Å². The number of amides is 1. The first-order chi connectivity index (χ1) is 14.2. The van der Waals surface area contributed by atoms with E-state index in [4.69, 9.17) is 4.52 Å². The lowest BCUT2D eigenvalue weighted by Gasteiger charge is -2.37. The quantitative estimate of drug-likeness (QED) is 0.743. The van der Waals surface area contributed by atoms with E-state index >= 15 is 0 Å². The summed E-state index contributed by atoms with van der Waals surface area (Å²) in [7, 11) is 0. The van der Waals surface area contributed by atoms with Gasteiger partial charge in [-0.25, -0.2) is 0 Å². The minimum absolute atomic E-state index is 0. The van der Waals surface area contributed by atoms with Crippen LogP contribution < -0.4 is 5.32 Å². The van der Waals surface area contributed by atoms with E-state index in [-0.39, 0.29) is 36.8 Å². The molecule has 1 N–H and O–H groups in total. The van der Waals surface area contributed by atoms with Crippen molar-refractivity contribution in [3.05, 3.63) is 36.2 Å². The third-order valence-electron chi connectivity index (χ3n) is 7.09. The molecule has 2 saturated heterocycles. The third kappa shape index (κ3) is 4.75. The van der Waals surface area contributed by atoms with Crippen LogP contribution in [0.3, 0.4) is 0 Å². The molecule has 170 valence electrons. The van der Waals surface area contributed by atoms with Gasteiger partial charge < -0.3 is 14.7 Å². The van der Waals surface area contributed by atoms with Crippen molar-refractivity contribution in [2.24, 2.45) is 11.3 Å². The van der Waals surface area contributed by atoms with Crippen LogP contribution in [0, 0.1) is 11.3 Å². The number of nitrogens with zero attached hydrogens (tertiary/aromatic N) is 4. The first-order valence-corrected chi connectivity index (χ1v) is 10.8. The lowest BCUT2D eigenvalue weighted by molar-refractivity contribution is -0.135. The van der Waals surface area contributed by atoms with Crippen LogP contribution >= 0.6 is 24.8 Å². The van der Waals surface area contributed by atoms with E-state index in [0.29, 0.717) is 23.0 Å². The smallest absolute Gasteiger partial charge is 0.244 e. The minimum atomic E-state index is 0. The van der Waals surface area contributed by atoms with Crippen molar-refractivity contribution in [3.63, 3.8) is 0 Å². The average molecular weight is 468 g/mol. The third-order valence-corrected chi connectivity index (χ3v) is 7.09. The number of piperazine rings is 1. The maximum atomic E-state index is 13.0. The topological polar surface area (TPSA) is 74.5 Å². The highest BCUT2D eigenvalue weighted by atomic mass is 35.5. The Hall–Kier alpha value is -1.67. The van der Waals surface area contributed by atoms with Gasteiger partial charge in [0.2, 0.25) is 17.6 Å². The van der Waals surface area contributed by atoms with Gasteiger partial charge in [0.05, 0.1) is 6.04 Å². The van der Waals surface area contributed by atoms with Crippen LogP contribution in [-0.4, -0.2) is 65.1 Å². The van der Waals surface area contributed by atoms with Gasteiger partial charge in [0.15, 0.2) is 0 Å². The summed E-state index contributed by atoms with van der Waals surface area (Å²) < 4.78 is 5.54. The van der Waals surface area contributed by atoms with Crippen LogP contribution in [0.5, 0.6) is 0 Å². The Labute approximate surface area is 195 Å². The number of carbonyl (C=O) groups is 1. The van der Waals surface area contributed by atoms with Gasteiger partial charge in [-0.1, -0.05) is 35.5 Å². The molecule has 0 bridgehead atoms. The SMILES string of the molecule is CC(c1nc(-c2ccccc2)no1)N1CCN(C(=O)C2CC23CCNCC3)CC1.Cl.Cl. The molecule has 1 aromatic heterocycles. The zero-order valence-electron chi connectivity index (χ0n) is 17.8. The van der Waals surface area contributed by atoms with Crippen molar-refractivity contribution in [2.45, 2.75) is 32.2 Å². The van der Waals surface area contributed by atoms with Crippen molar-refractivity contribution in [1.82, 2.24) is 25.3 Å². The van der Waals surface area contributed by atoms with Crippen LogP contribution in [0.1, 0.15) is 38.1 Å². The van der Waals surface area contributed by atoms with E-state index in [1.54, 1.807) is 0 Å². The number of piperidine rings is 1. The summed E-state index contributed by atoms with van der Waals surface area (Å²) in [6.07, 6.45) is 3.40. The number of carbonyl (C=O) groups excluding carboxylic acids is 1. The van der Waals surface area contributed by atoms with Crippen molar-refractivity contribution < 1.29 is 9.32 Å². The minimum Gasteiger partial charge on any atom is -0.340 e. The number of hydrogen-bond acceptors (Lipinski definition) is 6. The lowest BCUT2D eigenvalue weighted by atomic mass is 9.91. The number of benzene rings is 1. The molecule has 2 atom stereocenters. The largest absolute Gasteiger partial charge is 0.340 e. The fourth-order valence-corrected chi connectivity index (χ4v) is 4.99. The monoisotopic (exact) mass is 467 g/mol. The molecule has 9 heteroatoms. The molecule has 3 heterocycles. The van der Waals surface area contributed by atoms with Crippen LogP contribution in [-0.2, 0) is 4.79 Å². The predicted octanol–water partition coefficient (Wildman–Crippen LogP) is 3.18. The molecule has 1 saturated carbocycles. The van der Waals surface area contributed by atoms with Crippen molar-refractivity contribution in [3.8, 4) is 11.4 Å². The summed E-state index contributed by atoms with van der Waals surface area (Å²) >= 11 is 0. The zero-order valence-corrected chi connectivity index (χ0v) is 19.5. The molecule has 0 radical (unpaired) electrons. The molecule has 2 aromatic rings. The fraction of sp³-hybridized carbons (Fsp3) is 0.591. The van der Waals surface area contributed by atoms with E-state index in [2.05, 4.69) is 32.2 Å². The second-order valence-electron chi connectivity index (χ2n) is 8.73. The van der Waals surface area contributed by atoms with Gasteiger partial charge in [-0.15, -0.1) is 24.8 Å².